The summed E-state index contributed by atoms with van der Waals surface area (Å²) in [6.07, 6.45) is 2.86. The smallest absolute Gasteiger partial charge is 0.137 e. The van der Waals surface area contributed by atoms with Crippen LogP contribution < -0.4 is 11.3 Å². The lowest BCUT2D eigenvalue weighted by molar-refractivity contribution is 0.395. The van der Waals surface area contributed by atoms with Crippen LogP contribution in [0, 0.1) is 11.7 Å². The fourth-order valence-electron chi connectivity index (χ4n) is 1.83. The van der Waals surface area contributed by atoms with Gasteiger partial charge < -0.3 is 0 Å². The van der Waals surface area contributed by atoms with Crippen molar-refractivity contribution in [3.8, 4) is 0 Å². The Hall–Kier alpha value is -0.450. The molecule has 96 valence electrons. The van der Waals surface area contributed by atoms with Gasteiger partial charge >= 0.3 is 0 Å². The minimum Gasteiger partial charge on any atom is -0.271 e. The van der Waals surface area contributed by atoms with Gasteiger partial charge in [0.25, 0.3) is 0 Å². The molecule has 2 unspecified atom stereocenters. The molecule has 2 nitrogen and oxygen atoms in total. The Morgan fingerprint density at radius 3 is 2.76 bits per heavy atom. The summed E-state index contributed by atoms with van der Waals surface area (Å²) in [6, 6.07) is 5.29. The summed E-state index contributed by atoms with van der Waals surface area (Å²) in [6.45, 7) is 4.36. The lowest BCUT2D eigenvalue weighted by Crippen LogP contribution is -2.38. The maximum atomic E-state index is 13.4. The first kappa shape index (κ1) is 14.6. The van der Waals surface area contributed by atoms with Crippen LogP contribution in [-0.2, 0) is 6.42 Å². The fraction of sp³-hybridized carbons (Fsp3) is 0.538. The zero-order valence-corrected chi connectivity index (χ0v) is 11.9. The van der Waals surface area contributed by atoms with E-state index < -0.39 is 0 Å². The molecule has 17 heavy (non-hydrogen) atoms. The third-order valence-corrected chi connectivity index (χ3v) is 4.01. The molecule has 0 aliphatic rings. The van der Waals surface area contributed by atoms with Gasteiger partial charge in [0.1, 0.15) is 5.82 Å². The number of nitrogens with one attached hydrogen (secondary N) is 1. The van der Waals surface area contributed by atoms with Gasteiger partial charge in [-0.25, -0.2) is 4.39 Å². The summed E-state index contributed by atoms with van der Waals surface area (Å²) < 4.78 is 13.9. The molecule has 0 amide bonds. The average molecular weight is 303 g/mol. The van der Waals surface area contributed by atoms with Crippen LogP contribution >= 0.6 is 15.9 Å². The molecule has 0 spiro atoms. The Kier molecular flexibility index (Phi) is 6.09. The highest BCUT2D eigenvalue weighted by Gasteiger charge is 2.14. The summed E-state index contributed by atoms with van der Waals surface area (Å²) in [4.78, 5) is 0. The van der Waals surface area contributed by atoms with E-state index in [1.807, 2.05) is 6.07 Å². The van der Waals surface area contributed by atoms with Gasteiger partial charge in [0.2, 0.25) is 0 Å². The van der Waals surface area contributed by atoms with E-state index in [2.05, 4.69) is 35.2 Å². The second-order valence-electron chi connectivity index (χ2n) is 4.53. The molecule has 0 saturated carbocycles. The van der Waals surface area contributed by atoms with Gasteiger partial charge in [0, 0.05) is 6.04 Å². The monoisotopic (exact) mass is 302 g/mol. The third kappa shape index (κ3) is 4.37. The average Bonchev–Trinajstić information content (AvgIpc) is 2.33. The highest BCUT2D eigenvalue weighted by atomic mass is 79.9. The Balaban J connectivity index is 2.70. The van der Waals surface area contributed by atoms with Gasteiger partial charge in [-0.05, 0) is 46.3 Å². The fourth-order valence-corrected chi connectivity index (χ4v) is 2.26. The molecule has 0 heterocycles. The van der Waals surface area contributed by atoms with Crippen LogP contribution in [0.4, 0.5) is 4.39 Å². The molecule has 1 aromatic rings. The highest BCUT2D eigenvalue weighted by Crippen LogP contribution is 2.23. The van der Waals surface area contributed by atoms with Crippen molar-refractivity contribution < 1.29 is 4.39 Å². The Labute approximate surface area is 111 Å². The minimum absolute atomic E-state index is 0.183. The van der Waals surface area contributed by atoms with Crippen LogP contribution in [0.2, 0.25) is 0 Å². The highest BCUT2D eigenvalue weighted by molar-refractivity contribution is 9.10. The summed E-state index contributed by atoms with van der Waals surface area (Å²) in [5.41, 5.74) is 3.77. The summed E-state index contributed by atoms with van der Waals surface area (Å²) >= 11 is 3.28. The van der Waals surface area contributed by atoms with Gasteiger partial charge in [-0.15, -0.1) is 0 Å². The van der Waals surface area contributed by atoms with Crippen molar-refractivity contribution in [3.05, 3.63) is 34.1 Å². The zero-order valence-electron chi connectivity index (χ0n) is 10.3. The molecule has 3 N–H and O–H groups in total. The molecule has 0 aliphatic carbocycles. The van der Waals surface area contributed by atoms with Gasteiger partial charge in [-0.3, -0.25) is 11.3 Å². The Bertz CT molecular complexity index is 357. The van der Waals surface area contributed by atoms with Crippen LogP contribution in [0.25, 0.3) is 0 Å². The molecular weight excluding hydrogens is 283 g/mol. The van der Waals surface area contributed by atoms with Crippen LogP contribution in [0.3, 0.4) is 0 Å². The van der Waals surface area contributed by atoms with Crippen LogP contribution in [0.1, 0.15) is 32.3 Å². The van der Waals surface area contributed by atoms with E-state index >= 15 is 0 Å². The predicted octanol–water partition coefficient (Wildman–Crippen LogP) is 3.40. The Morgan fingerprint density at radius 2 is 2.18 bits per heavy atom. The first-order valence-corrected chi connectivity index (χ1v) is 6.76. The van der Waals surface area contributed by atoms with Crippen molar-refractivity contribution in [1.29, 1.82) is 0 Å². The molecule has 1 aromatic carbocycles. The third-order valence-electron chi connectivity index (χ3n) is 3.12. The lowest BCUT2D eigenvalue weighted by Gasteiger charge is -2.20. The van der Waals surface area contributed by atoms with Gasteiger partial charge in [-0.1, -0.05) is 32.4 Å². The molecule has 0 aromatic heterocycles. The number of benzene rings is 1. The van der Waals surface area contributed by atoms with Gasteiger partial charge in [-0.2, -0.15) is 0 Å². The van der Waals surface area contributed by atoms with Crippen LogP contribution in [0.15, 0.2) is 22.7 Å². The SMILES string of the molecule is CCC(C)CC(Cc1cccc(F)c1Br)NN. The number of nitrogens with two attached hydrogens (primary N) is 1. The van der Waals surface area contributed by atoms with E-state index in [1.165, 1.54) is 6.07 Å². The number of rotatable bonds is 6. The second-order valence-corrected chi connectivity index (χ2v) is 5.32. The minimum atomic E-state index is -0.221. The van der Waals surface area contributed by atoms with E-state index in [1.54, 1.807) is 6.07 Å². The molecule has 0 aliphatic heterocycles. The van der Waals surface area contributed by atoms with Gasteiger partial charge in [0.15, 0.2) is 0 Å². The molecule has 0 fully saturated rings. The number of hydrazine groups is 1. The topological polar surface area (TPSA) is 38.0 Å². The summed E-state index contributed by atoms with van der Waals surface area (Å²) in [5, 5.41) is 0. The second kappa shape index (κ2) is 7.09. The van der Waals surface area contributed by atoms with Crippen molar-refractivity contribution in [2.45, 2.75) is 39.2 Å². The van der Waals surface area contributed by atoms with E-state index in [4.69, 9.17) is 5.84 Å². The van der Waals surface area contributed by atoms with Crippen molar-refractivity contribution in [1.82, 2.24) is 5.43 Å². The zero-order chi connectivity index (χ0) is 12.8. The first-order chi connectivity index (χ1) is 8.08. The van der Waals surface area contributed by atoms with Crippen molar-refractivity contribution in [3.63, 3.8) is 0 Å². The van der Waals surface area contributed by atoms with E-state index in [0.717, 1.165) is 24.8 Å². The number of hydrogen-bond donors (Lipinski definition) is 2. The predicted molar refractivity (Wildman–Crippen MR) is 73.0 cm³/mol. The largest absolute Gasteiger partial charge is 0.271 e. The van der Waals surface area contributed by atoms with Crippen molar-refractivity contribution in [2.24, 2.45) is 11.8 Å². The maximum absolute atomic E-state index is 13.4. The maximum Gasteiger partial charge on any atom is 0.137 e. The molecule has 4 heteroatoms. The summed E-state index contributed by atoms with van der Waals surface area (Å²) in [7, 11) is 0. The van der Waals surface area contributed by atoms with E-state index in [0.29, 0.717) is 10.4 Å². The van der Waals surface area contributed by atoms with Crippen LogP contribution in [-0.4, -0.2) is 6.04 Å². The molecule has 0 saturated heterocycles. The normalized spacial score (nSPS) is 14.6. The van der Waals surface area contributed by atoms with Crippen molar-refractivity contribution in [2.75, 3.05) is 0 Å². The van der Waals surface area contributed by atoms with E-state index in [-0.39, 0.29) is 11.9 Å². The molecule has 0 bridgehead atoms. The van der Waals surface area contributed by atoms with Crippen LogP contribution in [0.5, 0.6) is 0 Å². The Morgan fingerprint density at radius 1 is 1.47 bits per heavy atom. The molecule has 1 rings (SSSR count). The summed E-state index contributed by atoms with van der Waals surface area (Å²) in [5.74, 6) is 5.95. The first-order valence-electron chi connectivity index (χ1n) is 5.97. The van der Waals surface area contributed by atoms with Crippen molar-refractivity contribution >= 4 is 15.9 Å². The van der Waals surface area contributed by atoms with E-state index in [9.17, 15) is 4.39 Å². The molecule has 0 radical (unpaired) electrons. The number of halogens is 2. The quantitative estimate of drug-likeness (QED) is 0.624. The molecule has 2 atom stereocenters. The lowest BCUT2D eigenvalue weighted by atomic mass is 9.95. The van der Waals surface area contributed by atoms with Gasteiger partial charge in [0.05, 0.1) is 4.47 Å². The number of hydrogen-bond acceptors (Lipinski definition) is 2. The standard InChI is InChI=1S/C13H20BrFN2/c1-3-9(2)7-11(17-16)8-10-5-4-6-12(15)13(10)14/h4-6,9,11,17H,3,7-8,16H2,1-2H3. The molecular formula is C13H20BrFN2.